The minimum absolute atomic E-state index is 0.324. The van der Waals surface area contributed by atoms with Crippen molar-refractivity contribution in [2.24, 2.45) is 0 Å². The largest absolute Gasteiger partial charge is 0.536 e. The minimum atomic E-state index is -2.97. The Kier molecular flexibility index (Phi) is 6.26. The molecule has 6 heteroatoms. The van der Waals surface area contributed by atoms with Crippen molar-refractivity contribution >= 4 is 14.0 Å². The highest BCUT2D eigenvalue weighted by Gasteiger charge is 2.42. The molecule has 0 spiro atoms. The molecule has 0 atom stereocenters. The molecule has 5 nitrogen and oxygen atoms in total. The van der Waals surface area contributed by atoms with E-state index in [0.717, 1.165) is 5.19 Å². The van der Waals surface area contributed by atoms with Crippen LogP contribution in [0, 0.1) is 0 Å². The molecule has 0 saturated carbocycles. The van der Waals surface area contributed by atoms with Gasteiger partial charge in [0, 0.05) is 32.6 Å². The number of benzene rings is 1. The van der Waals surface area contributed by atoms with Crippen LogP contribution in [-0.4, -0.2) is 41.3 Å². The van der Waals surface area contributed by atoms with Crippen LogP contribution in [0.25, 0.3) is 0 Å². The van der Waals surface area contributed by atoms with Crippen molar-refractivity contribution in [2.75, 3.05) is 21.3 Å². The molecule has 1 rings (SSSR count). The second-order valence-electron chi connectivity index (χ2n) is 7.29. The molecule has 0 aliphatic heterocycles. The van der Waals surface area contributed by atoms with E-state index in [0.29, 0.717) is 11.5 Å². The summed E-state index contributed by atoms with van der Waals surface area (Å²) in [5.41, 5.74) is -0.649. The van der Waals surface area contributed by atoms with E-state index in [1.165, 1.54) is 0 Å². The average Bonchev–Trinajstić information content (AvgIpc) is 2.37. The lowest BCUT2D eigenvalue weighted by molar-refractivity contribution is 0.119. The molecule has 0 N–H and O–H groups in total. The maximum atomic E-state index is 6.00. The van der Waals surface area contributed by atoms with E-state index >= 15 is 0 Å². The van der Waals surface area contributed by atoms with Crippen LogP contribution in [0.15, 0.2) is 18.2 Å². The maximum absolute atomic E-state index is 6.00. The van der Waals surface area contributed by atoms with Gasteiger partial charge in [-0.25, -0.2) is 0 Å². The van der Waals surface area contributed by atoms with E-state index in [1.807, 2.05) is 59.7 Å². The Morgan fingerprint density at radius 1 is 0.652 bits per heavy atom. The van der Waals surface area contributed by atoms with Crippen LogP contribution in [-0.2, 0) is 13.3 Å². The Hall–Kier alpha value is -1.08. The van der Waals surface area contributed by atoms with Crippen LogP contribution in [0.2, 0.25) is 0 Å². The second-order valence-corrected chi connectivity index (χ2v) is 10.2. The molecule has 0 unspecified atom stereocenters. The summed E-state index contributed by atoms with van der Waals surface area (Å²) in [6.45, 7) is 12.0. The first-order valence-electron chi connectivity index (χ1n) is 7.64. The molecule has 0 aromatic heterocycles. The van der Waals surface area contributed by atoms with Crippen molar-refractivity contribution in [3.8, 4) is 11.5 Å². The van der Waals surface area contributed by atoms with Crippen LogP contribution in [0.3, 0.4) is 0 Å². The molecule has 0 fully saturated rings. The van der Waals surface area contributed by atoms with Gasteiger partial charge in [0.05, 0.1) is 0 Å². The van der Waals surface area contributed by atoms with E-state index < -0.39 is 8.80 Å². The molecule has 0 aliphatic carbocycles. The predicted octanol–water partition coefficient (Wildman–Crippen LogP) is 3.13. The average molecular weight is 343 g/mol. The summed E-state index contributed by atoms with van der Waals surface area (Å²) in [6.07, 6.45) is 0. The predicted molar refractivity (Wildman–Crippen MR) is 93.6 cm³/mol. The zero-order valence-electron chi connectivity index (χ0n) is 15.8. The zero-order valence-corrected chi connectivity index (χ0v) is 16.8. The smallest absolute Gasteiger partial charge is 0.488 e. The van der Waals surface area contributed by atoms with E-state index in [9.17, 15) is 0 Å². The van der Waals surface area contributed by atoms with Crippen LogP contribution in [0.5, 0.6) is 11.5 Å². The molecule has 0 saturated heterocycles. The summed E-state index contributed by atoms with van der Waals surface area (Å²) in [7, 11) is 1.79. The first-order chi connectivity index (χ1) is 10.4. The van der Waals surface area contributed by atoms with Gasteiger partial charge in [-0.3, -0.25) is 0 Å². The number of hydrogen-bond acceptors (Lipinski definition) is 5. The summed E-state index contributed by atoms with van der Waals surface area (Å²) < 4.78 is 28.7. The SMILES string of the molecule is CO[Si](OC)(OC)c1cc(OC(C)(C)C)cc(OC(C)(C)C)c1. The van der Waals surface area contributed by atoms with Gasteiger partial charge in [0.25, 0.3) is 0 Å². The normalized spacial score (nSPS) is 13.1. The Labute approximate surface area is 141 Å². The number of ether oxygens (including phenoxy) is 2. The van der Waals surface area contributed by atoms with E-state index in [2.05, 4.69) is 0 Å². The van der Waals surface area contributed by atoms with E-state index in [1.54, 1.807) is 21.3 Å². The van der Waals surface area contributed by atoms with Crippen molar-refractivity contribution in [1.29, 1.82) is 0 Å². The topological polar surface area (TPSA) is 46.2 Å². The van der Waals surface area contributed by atoms with E-state index in [4.69, 9.17) is 22.8 Å². The van der Waals surface area contributed by atoms with Crippen molar-refractivity contribution in [3.63, 3.8) is 0 Å². The van der Waals surface area contributed by atoms with Gasteiger partial charge in [-0.15, -0.1) is 0 Å². The van der Waals surface area contributed by atoms with Gasteiger partial charge in [0.15, 0.2) is 0 Å². The third-order valence-electron chi connectivity index (χ3n) is 2.89. The fraction of sp³-hybridized carbons (Fsp3) is 0.647. The van der Waals surface area contributed by atoms with Gasteiger partial charge in [0.2, 0.25) is 0 Å². The maximum Gasteiger partial charge on any atom is 0.536 e. The monoisotopic (exact) mass is 342 g/mol. The summed E-state index contributed by atoms with van der Waals surface area (Å²) >= 11 is 0. The number of rotatable bonds is 6. The van der Waals surface area contributed by atoms with Crippen molar-refractivity contribution < 1.29 is 22.8 Å². The molecule has 1 aromatic rings. The van der Waals surface area contributed by atoms with Gasteiger partial charge in [-0.2, -0.15) is 0 Å². The molecule has 0 heterocycles. The fourth-order valence-electron chi connectivity index (χ4n) is 2.18. The first kappa shape index (κ1) is 20.0. The lowest BCUT2D eigenvalue weighted by Crippen LogP contribution is -2.54. The molecule has 132 valence electrons. The Morgan fingerprint density at radius 3 is 1.26 bits per heavy atom. The number of hydrogen-bond donors (Lipinski definition) is 0. The quantitative estimate of drug-likeness (QED) is 0.743. The molecule has 0 radical (unpaired) electrons. The Bertz CT molecular complexity index is 470. The second kappa shape index (κ2) is 7.21. The minimum Gasteiger partial charge on any atom is -0.488 e. The molecule has 0 bridgehead atoms. The molecule has 1 aromatic carbocycles. The molecule has 0 aliphatic rings. The van der Waals surface area contributed by atoms with Gasteiger partial charge in [0.1, 0.15) is 22.7 Å². The third-order valence-corrected chi connectivity index (χ3v) is 5.50. The standard InChI is InChI=1S/C17H30O5Si/c1-16(2,3)21-13-10-14(22-17(4,5)6)12-15(11-13)23(18-7,19-8)20-9/h10-12H,1-9H3. The Morgan fingerprint density at radius 2 is 1.00 bits per heavy atom. The Balaban J connectivity index is 3.39. The van der Waals surface area contributed by atoms with Crippen molar-refractivity contribution in [2.45, 2.75) is 52.7 Å². The van der Waals surface area contributed by atoms with Crippen molar-refractivity contribution in [1.82, 2.24) is 0 Å². The fourth-order valence-corrected chi connectivity index (χ4v) is 4.02. The molecule has 23 heavy (non-hydrogen) atoms. The zero-order chi connectivity index (χ0) is 17.9. The van der Waals surface area contributed by atoms with Gasteiger partial charge < -0.3 is 22.8 Å². The summed E-state index contributed by atoms with van der Waals surface area (Å²) in [5, 5.41) is 0.797. The lowest BCUT2D eigenvalue weighted by Gasteiger charge is -2.28. The third kappa shape index (κ3) is 5.80. The van der Waals surface area contributed by atoms with Crippen LogP contribution in [0.1, 0.15) is 41.5 Å². The highest BCUT2D eigenvalue weighted by molar-refractivity contribution is 6.75. The highest BCUT2D eigenvalue weighted by Crippen LogP contribution is 2.27. The van der Waals surface area contributed by atoms with E-state index in [-0.39, 0.29) is 11.2 Å². The van der Waals surface area contributed by atoms with Gasteiger partial charge >= 0.3 is 8.80 Å². The van der Waals surface area contributed by atoms with Crippen molar-refractivity contribution in [3.05, 3.63) is 18.2 Å². The van der Waals surface area contributed by atoms with Crippen LogP contribution >= 0.6 is 0 Å². The first-order valence-corrected chi connectivity index (χ1v) is 9.36. The van der Waals surface area contributed by atoms with Gasteiger partial charge in [-0.05, 0) is 53.7 Å². The van der Waals surface area contributed by atoms with Crippen LogP contribution in [0.4, 0.5) is 0 Å². The molecular weight excluding hydrogens is 312 g/mol. The molecular formula is C17H30O5Si. The van der Waals surface area contributed by atoms with Crippen LogP contribution < -0.4 is 14.7 Å². The molecule has 0 amide bonds. The highest BCUT2D eigenvalue weighted by atomic mass is 28.4. The lowest BCUT2D eigenvalue weighted by atomic mass is 10.2. The van der Waals surface area contributed by atoms with Gasteiger partial charge in [-0.1, -0.05) is 0 Å². The summed E-state index contributed by atoms with van der Waals surface area (Å²) in [4.78, 5) is 0. The summed E-state index contributed by atoms with van der Waals surface area (Å²) in [6, 6.07) is 5.66. The summed E-state index contributed by atoms with van der Waals surface area (Å²) in [5.74, 6) is 1.38.